The van der Waals surface area contributed by atoms with Gasteiger partial charge in [0.2, 0.25) is 0 Å². The first kappa shape index (κ1) is 12.8. The second-order valence-corrected chi connectivity index (χ2v) is 4.94. The zero-order chi connectivity index (χ0) is 11.5. The number of rotatable bonds is 4. The molecule has 88 valence electrons. The van der Waals surface area contributed by atoms with Crippen molar-refractivity contribution >= 4 is 7.60 Å². The molecule has 1 aliphatic heterocycles. The minimum Gasteiger partial charge on any atom is -0.387 e. The molecule has 1 rings (SSSR count). The molecule has 0 aliphatic carbocycles. The van der Waals surface area contributed by atoms with Crippen LogP contribution in [0.25, 0.3) is 0 Å². The molecule has 2 N–H and O–H groups in total. The highest BCUT2D eigenvalue weighted by molar-refractivity contribution is 7.56. The molecule has 7 heteroatoms. The first-order valence-corrected chi connectivity index (χ1v) is 6.05. The molecule has 15 heavy (non-hydrogen) atoms. The highest BCUT2D eigenvalue weighted by Gasteiger charge is 2.34. The van der Waals surface area contributed by atoms with Crippen molar-refractivity contribution in [1.82, 2.24) is 0 Å². The molecule has 1 fully saturated rings. The molecule has 6 nitrogen and oxygen atoms in total. The van der Waals surface area contributed by atoms with Crippen LogP contribution in [0.15, 0.2) is 11.9 Å². The summed E-state index contributed by atoms with van der Waals surface area (Å²) in [5, 5.41) is 9.60. The van der Waals surface area contributed by atoms with Crippen molar-refractivity contribution in [2.45, 2.75) is 18.3 Å². The van der Waals surface area contributed by atoms with E-state index in [9.17, 15) is 9.67 Å². The van der Waals surface area contributed by atoms with Crippen LogP contribution in [0.4, 0.5) is 0 Å². The molecule has 1 aliphatic rings. The van der Waals surface area contributed by atoms with E-state index < -0.39 is 25.9 Å². The van der Waals surface area contributed by atoms with E-state index in [4.69, 9.17) is 14.4 Å². The number of aliphatic hydroxyl groups is 1. The lowest BCUT2D eigenvalue weighted by molar-refractivity contribution is 0.0140. The molecule has 0 aromatic carbocycles. The highest BCUT2D eigenvalue weighted by atomic mass is 31.2. The molecule has 0 radical (unpaired) electrons. The van der Waals surface area contributed by atoms with E-state index in [-0.39, 0.29) is 6.61 Å². The maximum absolute atomic E-state index is 11.1. The summed E-state index contributed by atoms with van der Waals surface area (Å²) in [6.45, 7) is 0.259. The van der Waals surface area contributed by atoms with Gasteiger partial charge in [-0.25, -0.2) is 0 Å². The molecular weight excluding hydrogens is 223 g/mol. The molecule has 2 unspecified atom stereocenters. The molecule has 0 saturated carbocycles. The molecule has 0 aromatic rings. The van der Waals surface area contributed by atoms with E-state index in [1.165, 1.54) is 13.2 Å². The molecule has 0 spiro atoms. The zero-order valence-corrected chi connectivity index (χ0v) is 9.46. The fourth-order valence-corrected chi connectivity index (χ4v) is 1.75. The van der Waals surface area contributed by atoms with E-state index in [1.807, 2.05) is 0 Å². The highest BCUT2D eigenvalue weighted by Crippen LogP contribution is 2.42. The van der Waals surface area contributed by atoms with Gasteiger partial charge in [0.05, 0.1) is 6.61 Å². The van der Waals surface area contributed by atoms with Gasteiger partial charge in [-0.15, -0.1) is 0 Å². The lowest BCUT2D eigenvalue weighted by Gasteiger charge is -2.13. The predicted molar refractivity (Wildman–Crippen MR) is 52.5 cm³/mol. The Morgan fingerprint density at radius 2 is 2.20 bits per heavy atom. The van der Waals surface area contributed by atoms with Gasteiger partial charge in [-0.1, -0.05) is 0 Å². The van der Waals surface area contributed by atoms with Gasteiger partial charge in [-0.2, -0.15) is 0 Å². The molecule has 1 heterocycles. The van der Waals surface area contributed by atoms with Crippen molar-refractivity contribution in [3.05, 3.63) is 11.9 Å². The van der Waals surface area contributed by atoms with Crippen LogP contribution in [0, 0.1) is 0 Å². The Morgan fingerprint density at radius 1 is 1.53 bits per heavy atom. The van der Waals surface area contributed by atoms with Crippen LogP contribution in [-0.4, -0.2) is 49.1 Å². The maximum atomic E-state index is 11.1. The topological polar surface area (TPSA) is 85.2 Å². The number of aliphatic hydroxyl groups excluding tert-OH is 1. The van der Waals surface area contributed by atoms with Gasteiger partial charge in [0.25, 0.3) is 0 Å². The Kier molecular flexibility index (Phi) is 4.45. The average Bonchev–Trinajstić information content (AvgIpc) is 2.57. The second kappa shape index (κ2) is 5.21. The van der Waals surface area contributed by atoms with Gasteiger partial charge in [0, 0.05) is 20.0 Å². The van der Waals surface area contributed by atoms with E-state index in [1.54, 1.807) is 0 Å². The fraction of sp³-hybridized carbons (Fsp3) is 0.750. The third-order valence-corrected chi connectivity index (χ3v) is 3.27. The Balaban J connectivity index is 2.57. The number of hydrogen-bond donors (Lipinski definition) is 2. The Morgan fingerprint density at radius 3 is 2.67 bits per heavy atom. The lowest BCUT2D eigenvalue weighted by Crippen LogP contribution is -2.30. The Labute approximate surface area is 88.0 Å². The van der Waals surface area contributed by atoms with Crippen LogP contribution in [0.3, 0.4) is 0 Å². The zero-order valence-electron chi connectivity index (χ0n) is 8.57. The van der Waals surface area contributed by atoms with Crippen molar-refractivity contribution in [2.75, 3.05) is 20.8 Å². The molecule has 0 amide bonds. The SMILES string of the molecule is CO[C@@H]1CO[C@H](/C=C/P(=O)(O)OC)C1O. The number of ether oxygens (including phenoxy) is 2. The average molecular weight is 238 g/mol. The van der Waals surface area contributed by atoms with Crippen molar-refractivity contribution < 1.29 is 28.6 Å². The maximum Gasteiger partial charge on any atom is 0.351 e. The van der Waals surface area contributed by atoms with Gasteiger partial charge in [0.1, 0.15) is 18.3 Å². The van der Waals surface area contributed by atoms with Crippen LogP contribution in [0.1, 0.15) is 0 Å². The summed E-state index contributed by atoms with van der Waals surface area (Å²) in [6.07, 6.45) is -0.553. The van der Waals surface area contributed by atoms with Crippen LogP contribution in [0.5, 0.6) is 0 Å². The summed E-state index contributed by atoms with van der Waals surface area (Å²) in [5.74, 6) is 0.999. The van der Waals surface area contributed by atoms with Crippen LogP contribution in [-0.2, 0) is 18.6 Å². The summed E-state index contributed by atoms with van der Waals surface area (Å²) in [5.41, 5.74) is 0. The van der Waals surface area contributed by atoms with Gasteiger partial charge in [-0.05, 0) is 6.08 Å². The third kappa shape index (κ3) is 3.38. The van der Waals surface area contributed by atoms with Gasteiger partial charge < -0.3 is 24.0 Å². The van der Waals surface area contributed by atoms with Crippen LogP contribution in [0.2, 0.25) is 0 Å². The van der Waals surface area contributed by atoms with E-state index in [0.717, 1.165) is 12.9 Å². The first-order chi connectivity index (χ1) is 7.00. The summed E-state index contributed by atoms with van der Waals surface area (Å²) >= 11 is 0. The molecule has 0 bridgehead atoms. The smallest absolute Gasteiger partial charge is 0.351 e. The Bertz CT molecular complexity index is 278. The van der Waals surface area contributed by atoms with Gasteiger partial charge >= 0.3 is 7.60 Å². The predicted octanol–water partition coefficient (Wildman–Crippen LogP) is 0.107. The largest absolute Gasteiger partial charge is 0.387 e. The summed E-state index contributed by atoms with van der Waals surface area (Å²) in [6, 6.07) is 0. The normalized spacial score (nSPS) is 35.9. The van der Waals surface area contributed by atoms with Crippen molar-refractivity contribution in [3.8, 4) is 0 Å². The minimum atomic E-state index is -3.69. The van der Waals surface area contributed by atoms with Gasteiger partial charge in [-0.3, -0.25) is 4.57 Å². The van der Waals surface area contributed by atoms with E-state index >= 15 is 0 Å². The first-order valence-electron chi connectivity index (χ1n) is 4.40. The van der Waals surface area contributed by atoms with E-state index in [0.29, 0.717) is 0 Å². The standard InChI is InChI=1S/C8H15O6P/c1-12-7-5-14-6(8(7)9)3-4-15(10,11)13-2/h3-4,6-9H,5H2,1-2H3,(H,10,11)/b4-3+/t6-,7-,8?/m1/s1. The second-order valence-electron chi connectivity index (χ2n) is 3.15. The number of hydrogen-bond acceptors (Lipinski definition) is 5. The molecule has 0 aromatic heterocycles. The van der Waals surface area contributed by atoms with Gasteiger partial charge in [0.15, 0.2) is 0 Å². The van der Waals surface area contributed by atoms with Crippen molar-refractivity contribution in [1.29, 1.82) is 0 Å². The Hall–Kier alpha value is -0.230. The summed E-state index contributed by atoms with van der Waals surface area (Å²) in [7, 11) is -1.09. The number of methoxy groups -OCH3 is 1. The molecule has 4 atom stereocenters. The summed E-state index contributed by atoms with van der Waals surface area (Å²) in [4.78, 5) is 9.07. The lowest BCUT2D eigenvalue weighted by atomic mass is 10.1. The fourth-order valence-electron chi connectivity index (χ4n) is 1.25. The monoisotopic (exact) mass is 238 g/mol. The van der Waals surface area contributed by atoms with Crippen LogP contribution >= 0.6 is 7.60 Å². The molecule has 1 saturated heterocycles. The van der Waals surface area contributed by atoms with Crippen LogP contribution < -0.4 is 0 Å². The third-order valence-electron chi connectivity index (χ3n) is 2.20. The quantitative estimate of drug-likeness (QED) is 0.676. The summed E-state index contributed by atoms with van der Waals surface area (Å²) < 4.78 is 25.5. The van der Waals surface area contributed by atoms with Crippen molar-refractivity contribution in [3.63, 3.8) is 0 Å². The minimum absolute atomic E-state index is 0.259. The van der Waals surface area contributed by atoms with E-state index in [2.05, 4.69) is 4.52 Å². The van der Waals surface area contributed by atoms with Crippen molar-refractivity contribution in [2.24, 2.45) is 0 Å². The molecular formula is C8H15O6P.